The summed E-state index contributed by atoms with van der Waals surface area (Å²) in [5.41, 5.74) is 1.22. The van der Waals surface area contributed by atoms with E-state index in [1.54, 1.807) is 18.3 Å². The number of carbonyl (C=O) groups is 1. The Labute approximate surface area is 134 Å². The van der Waals surface area contributed by atoms with E-state index in [2.05, 4.69) is 22.5 Å². The van der Waals surface area contributed by atoms with E-state index in [-0.39, 0.29) is 17.6 Å². The summed E-state index contributed by atoms with van der Waals surface area (Å²) in [6, 6.07) is 13.0. The first kappa shape index (κ1) is 15.9. The molecule has 1 aromatic heterocycles. The number of amides is 1. The molecule has 2 N–H and O–H groups in total. The molecule has 114 valence electrons. The average molecular weight is 315 g/mol. The van der Waals surface area contributed by atoms with Gasteiger partial charge in [-0.25, -0.2) is 4.98 Å². The summed E-state index contributed by atoms with van der Waals surface area (Å²) in [5.74, 6) is 0.896. The van der Waals surface area contributed by atoms with Gasteiger partial charge in [0.2, 0.25) is 0 Å². The van der Waals surface area contributed by atoms with Gasteiger partial charge in [0.05, 0.1) is 0 Å². The highest BCUT2D eigenvalue weighted by atomic mass is 32.1. The number of anilines is 1. The molecule has 0 unspecified atom stereocenters. The second kappa shape index (κ2) is 8.09. The zero-order valence-corrected chi connectivity index (χ0v) is 13.0. The molecule has 0 aliphatic carbocycles. The third kappa shape index (κ3) is 5.14. The smallest absolute Gasteiger partial charge is 0.264 e. The molecule has 0 aliphatic rings. The van der Waals surface area contributed by atoms with Crippen molar-refractivity contribution in [2.24, 2.45) is 0 Å². The van der Waals surface area contributed by atoms with Crippen molar-refractivity contribution < 1.29 is 9.53 Å². The summed E-state index contributed by atoms with van der Waals surface area (Å²) < 4.78 is 5.40. The first-order chi connectivity index (χ1) is 10.7. The second-order valence-corrected chi connectivity index (χ2v) is 4.91. The van der Waals surface area contributed by atoms with Crippen LogP contribution in [0, 0.1) is 0 Å². The van der Waals surface area contributed by atoms with E-state index in [1.807, 2.05) is 30.3 Å². The highest BCUT2D eigenvalue weighted by Crippen LogP contribution is 2.12. The highest BCUT2D eigenvalue weighted by molar-refractivity contribution is 7.80. The van der Waals surface area contributed by atoms with Gasteiger partial charge in [-0.1, -0.05) is 25.1 Å². The fourth-order valence-electron chi connectivity index (χ4n) is 1.72. The third-order valence-corrected chi connectivity index (χ3v) is 3.07. The Bertz CT molecular complexity index is 630. The lowest BCUT2D eigenvalue weighted by molar-refractivity contribution is -0.121. The van der Waals surface area contributed by atoms with Gasteiger partial charge in [0.25, 0.3) is 5.91 Å². The summed E-state index contributed by atoms with van der Waals surface area (Å²) in [4.78, 5) is 15.8. The zero-order valence-electron chi connectivity index (χ0n) is 12.2. The Morgan fingerprint density at radius 3 is 2.64 bits per heavy atom. The number of nitrogens with one attached hydrogen (secondary N) is 2. The molecule has 0 spiro atoms. The molecule has 0 radical (unpaired) electrons. The van der Waals surface area contributed by atoms with Crippen LogP contribution in [0.25, 0.3) is 0 Å². The van der Waals surface area contributed by atoms with Crippen LogP contribution in [-0.2, 0) is 11.2 Å². The fraction of sp³-hybridized carbons (Fsp3) is 0.188. The predicted octanol–water partition coefficient (Wildman–Crippen LogP) is 2.54. The van der Waals surface area contributed by atoms with Crippen molar-refractivity contribution in [2.45, 2.75) is 13.3 Å². The van der Waals surface area contributed by atoms with Crippen molar-refractivity contribution in [3.05, 3.63) is 54.2 Å². The number of carbonyl (C=O) groups excluding carboxylic acids is 1. The minimum Gasteiger partial charge on any atom is -0.484 e. The number of nitrogens with zero attached hydrogens (tertiary/aromatic N) is 1. The highest BCUT2D eigenvalue weighted by Gasteiger charge is 2.06. The Hall–Kier alpha value is -2.47. The first-order valence-corrected chi connectivity index (χ1v) is 7.32. The monoisotopic (exact) mass is 315 g/mol. The zero-order chi connectivity index (χ0) is 15.8. The summed E-state index contributed by atoms with van der Waals surface area (Å²) in [6.07, 6.45) is 2.60. The average Bonchev–Trinajstić information content (AvgIpc) is 2.54. The van der Waals surface area contributed by atoms with Crippen LogP contribution in [0.15, 0.2) is 48.7 Å². The summed E-state index contributed by atoms with van der Waals surface area (Å²) in [6.45, 7) is 1.98. The van der Waals surface area contributed by atoms with Crippen LogP contribution in [-0.4, -0.2) is 22.6 Å². The van der Waals surface area contributed by atoms with Crippen LogP contribution in [0.2, 0.25) is 0 Å². The normalized spacial score (nSPS) is 9.86. The molecule has 2 rings (SSSR count). The minimum absolute atomic E-state index is 0.102. The molecule has 0 atom stereocenters. The topological polar surface area (TPSA) is 63.2 Å². The lowest BCUT2D eigenvalue weighted by Gasteiger charge is -2.10. The summed E-state index contributed by atoms with van der Waals surface area (Å²) in [7, 11) is 0. The van der Waals surface area contributed by atoms with E-state index in [0.717, 1.165) is 6.42 Å². The number of thiocarbonyl (C=S) groups is 1. The minimum atomic E-state index is -0.326. The molecule has 1 amide bonds. The number of aryl methyl sites for hydroxylation is 1. The van der Waals surface area contributed by atoms with Crippen LogP contribution in [0.4, 0.5) is 5.82 Å². The number of rotatable bonds is 5. The van der Waals surface area contributed by atoms with E-state index in [1.165, 1.54) is 5.56 Å². The largest absolute Gasteiger partial charge is 0.484 e. The predicted molar refractivity (Wildman–Crippen MR) is 89.9 cm³/mol. The molecule has 0 aliphatic heterocycles. The van der Waals surface area contributed by atoms with Gasteiger partial charge in [-0.3, -0.25) is 10.1 Å². The number of hydrogen-bond donors (Lipinski definition) is 2. The summed E-state index contributed by atoms with van der Waals surface area (Å²) >= 11 is 5.04. The van der Waals surface area contributed by atoms with Crippen LogP contribution in [0.5, 0.6) is 5.75 Å². The Balaban J connectivity index is 1.76. The number of ether oxygens (including phenoxy) is 1. The SMILES string of the molecule is CCc1ccc(OCC(=O)NC(=S)Nc2ccccn2)cc1. The molecule has 6 heteroatoms. The Morgan fingerprint density at radius 2 is 2.00 bits per heavy atom. The van der Waals surface area contributed by atoms with Crippen molar-refractivity contribution in [3.63, 3.8) is 0 Å². The van der Waals surface area contributed by atoms with Gasteiger partial charge in [-0.2, -0.15) is 0 Å². The molecule has 2 aromatic rings. The van der Waals surface area contributed by atoms with E-state index < -0.39 is 0 Å². The molecule has 0 saturated heterocycles. The molecule has 1 heterocycles. The van der Waals surface area contributed by atoms with Gasteiger partial charge in [-0.15, -0.1) is 0 Å². The van der Waals surface area contributed by atoms with E-state index >= 15 is 0 Å². The molecule has 5 nitrogen and oxygen atoms in total. The standard InChI is InChI=1S/C16H17N3O2S/c1-2-12-6-8-13(9-7-12)21-11-15(20)19-16(22)18-14-5-3-4-10-17-14/h3-10H,2,11H2,1H3,(H2,17,18,19,20,22). The molecular formula is C16H17N3O2S. The quantitative estimate of drug-likeness (QED) is 0.830. The van der Waals surface area contributed by atoms with Crippen LogP contribution < -0.4 is 15.4 Å². The van der Waals surface area contributed by atoms with Gasteiger partial charge in [0.15, 0.2) is 11.7 Å². The maximum atomic E-state index is 11.8. The second-order valence-electron chi connectivity index (χ2n) is 4.50. The van der Waals surface area contributed by atoms with E-state index in [4.69, 9.17) is 17.0 Å². The number of aromatic nitrogens is 1. The van der Waals surface area contributed by atoms with Crippen LogP contribution in [0.1, 0.15) is 12.5 Å². The molecule has 0 bridgehead atoms. The van der Waals surface area contributed by atoms with Crippen molar-refractivity contribution in [1.29, 1.82) is 0 Å². The third-order valence-electron chi connectivity index (χ3n) is 2.86. The van der Waals surface area contributed by atoms with Gasteiger partial charge >= 0.3 is 0 Å². The molecular weight excluding hydrogens is 298 g/mol. The lowest BCUT2D eigenvalue weighted by Crippen LogP contribution is -2.37. The summed E-state index contributed by atoms with van der Waals surface area (Å²) in [5, 5.41) is 5.55. The maximum Gasteiger partial charge on any atom is 0.264 e. The fourth-order valence-corrected chi connectivity index (χ4v) is 1.94. The van der Waals surface area contributed by atoms with E-state index in [9.17, 15) is 4.79 Å². The Kier molecular flexibility index (Phi) is 5.85. The van der Waals surface area contributed by atoms with Crippen molar-refractivity contribution in [2.75, 3.05) is 11.9 Å². The van der Waals surface area contributed by atoms with Gasteiger partial charge < -0.3 is 10.1 Å². The van der Waals surface area contributed by atoms with Crippen LogP contribution in [0.3, 0.4) is 0 Å². The number of hydrogen-bond acceptors (Lipinski definition) is 4. The van der Waals surface area contributed by atoms with Crippen molar-refractivity contribution >= 4 is 29.1 Å². The number of pyridine rings is 1. The maximum absolute atomic E-state index is 11.8. The molecule has 22 heavy (non-hydrogen) atoms. The van der Waals surface area contributed by atoms with Crippen molar-refractivity contribution in [1.82, 2.24) is 10.3 Å². The van der Waals surface area contributed by atoms with Crippen molar-refractivity contribution in [3.8, 4) is 5.75 Å². The molecule has 1 aromatic carbocycles. The van der Waals surface area contributed by atoms with Crippen LogP contribution >= 0.6 is 12.2 Å². The first-order valence-electron chi connectivity index (χ1n) is 6.91. The van der Waals surface area contributed by atoms with Gasteiger partial charge in [-0.05, 0) is 48.5 Å². The van der Waals surface area contributed by atoms with Gasteiger partial charge in [0, 0.05) is 6.20 Å². The van der Waals surface area contributed by atoms with Gasteiger partial charge in [0.1, 0.15) is 11.6 Å². The Morgan fingerprint density at radius 1 is 1.23 bits per heavy atom. The lowest BCUT2D eigenvalue weighted by atomic mass is 10.2. The van der Waals surface area contributed by atoms with E-state index in [0.29, 0.717) is 11.6 Å². The number of benzene rings is 1. The molecule has 0 fully saturated rings. The molecule has 0 saturated carbocycles.